The molecule has 1 nitrogen and oxygen atoms in total. The highest BCUT2D eigenvalue weighted by atomic mass is 32.1. The van der Waals surface area contributed by atoms with E-state index in [4.69, 9.17) is 0 Å². The molecule has 1 fully saturated rings. The molecule has 0 aromatic carbocycles. The molecule has 0 aromatic heterocycles. The number of hydrogen-bond acceptors (Lipinski definition) is 2. The molecule has 1 aliphatic heterocycles. The highest BCUT2D eigenvalue weighted by Crippen LogP contribution is 2.34. The van der Waals surface area contributed by atoms with Crippen LogP contribution in [0.3, 0.4) is 0 Å². The van der Waals surface area contributed by atoms with E-state index >= 15 is 0 Å². The lowest BCUT2D eigenvalue weighted by molar-refractivity contribution is 0.0400. The molecule has 1 saturated heterocycles. The first-order valence-corrected chi connectivity index (χ1v) is 7.96. The first-order valence-electron chi connectivity index (χ1n) is 7.33. The molecular formula is C15H31NS. The van der Waals surface area contributed by atoms with Crippen LogP contribution in [0.4, 0.5) is 0 Å². The van der Waals surface area contributed by atoms with Crippen molar-refractivity contribution in [2.75, 3.05) is 18.8 Å². The highest BCUT2D eigenvalue weighted by molar-refractivity contribution is 7.80. The molecule has 0 N–H and O–H groups in total. The average molecular weight is 257 g/mol. The van der Waals surface area contributed by atoms with E-state index in [2.05, 4.69) is 52.1 Å². The van der Waals surface area contributed by atoms with Gasteiger partial charge in [0.15, 0.2) is 0 Å². The predicted molar refractivity (Wildman–Crippen MR) is 80.8 cm³/mol. The molecule has 3 atom stereocenters. The van der Waals surface area contributed by atoms with Crippen LogP contribution < -0.4 is 0 Å². The van der Waals surface area contributed by atoms with Crippen LogP contribution in [0.1, 0.15) is 53.9 Å². The van der Waals surface area contributed by atoms with Gasteiger partial charge in [0.2, 0.25) is 0 Å². The molecule has 102 valence electrons. The van der Waals surface area contributed by atoms with E-state index in [0.717, 1.165) is 23.6 Å². The molecular weight excluding hydrogens is 226 g/mol. The standard InChI is InChI=1S/C15H31NS/c1-6-15(7-2,11-17)10-16-9-12(3)8-13(4)14(16)5/h12-14,17H,6-11H2,1-5H3. The van der Waals surface area contributed by atoms with Crippen LogP contribution in [0, 0.1) is 17.3 Å². The second kappa shape index (κ2) is 6.47. The Labute approximate surface area is 114 Å². The Hall–Kier alpha value is 0.310. The van der Waals surface area contributed by atoms with Crippen molar-refractivity contribution < 1.29 is 0 Å². The van der Waals surface area contributed by atoms with Crippen molar-refractivity contribution in [3.8, 4) is 0 Å². The van der Waals surface area contributed by atoms with Crippen LogP contribution in [0.25, 0.3) is 0 Å². The quantitative estimate of drug-likeness (QED) is 0.726. The summed E-state index contributed by atoms with van der Waals surface area (Å²) in [5, 5.41) is 0. The lowest BCUT2D eigenvalue weighted by Crippen LogP contribution is -2.50. The lowest BCUT2D eigenvalue weighted by Gasteiger charge is -2.46. The summed E-state index contributed by atoms with van der Waals surface area (Å²) in [6.45, 7) is 14.4. The van der Waals surface area contributed by atoms with Gasteiger partial charge in [0.25, 0.3) is 0 Å². The first-order chi connectivity index (χ1) is 7.98. The second-order valence-corrected chi connectivity index (χ2v) is 6.67. The molecule has 1 aliphatic rings. The Balaban J connectivity index is 2.70. The monoisotopic (exact) mass is 257 g/mol. The van der Waals surface area contributed by atoms with Gasteiger partial charge in [-0.15, -0.1) is 0 Å². The number of hydrogen-bond donors (Lipinski definition) is 1. The summed E-state index contributed by atoms with van der Waals surface area (Å²) in [7, 11) is 0. The van der Waals surface area contributed by atoms with Gasteiger partial charge in [0, 0.05) is 19.1 Å². The number of rotatable bonds is 5. The van der Waals surface area contributed by atoms with Crippen molar-refractivity contribution in [2.45, 2.75) is 59.9 Å². The van der Waals surface area contributed by atoms with Gasteiger partial charge in [-0.1, -0.05) is 27.7 Å². The number of thiol groups is 1. The lowest BCUT2D eigenvalue weighted by atomic mass is 9.80. The Morgan fingerprint density at radius 3 is 2.24 bits per heavy atom. The Morgan fingerprint density at radius 1 is 1.18 bits per heavy atom. The van der Waals surface area contributed by atoms with Crippen LogP contribution in [0.15, 0.2) is 0 Å². The summed E-state index contributed by atoms with van der Waals surface area (Å²) in [6, 6.07) is 0.739. The maximum absolute atomic E-state index is 4.61. The average Bonchev–Trinajstić information content (AvgIpc) is 2.32. The Kier molecular flexibility index (Phi) is 5.85. The SMILES string of the molecule is CCC(CC)(CS)CN1CC(C)CC(C)C1C. The van der Waals surface area contributed by atoms with E-state index in [-0.39, 0.29) is 0 Å². The van der Waals surface area contributed by atoms with E-state index in [1.807, 2.05) is 0 Å². The van der Waals surface area contributed by atoms with Crippen LogP contribution in [0.2, 0.25) is 0 Å². The molecule has 2 heteroatoms. The zero-order valence-electron chi connectivity index (χ0n) is 12.4. The predicted octanol–water partition coefficient (Wildman–Crippen LogP) is 4.09. The fraction of sp³-hybridized carbons (Fsp3) is 1.00. The summed E-state index contributed by atoms with van der Waals surface area (Å²) >= 11 is 4.61. The van der Waals surface area contributed by atoms with Gasteiger partial charge in [-0.25, -0.2) is 0 Å². The van der Waals surface area contributed by atoms with E-state index in [9.17, 15) is 0 Å². The number of nitrogens with zero attached hydrogens (tertiary/aromatic N) is 1. The van der Waals surface area contributed by atoms with Crippen molar-refractivity contribution >= 4 is 12.6 Å². The number of likely N-dealkylation sites (tertiary alicyclic amines) is 1. The molecule has 0 amide bonds. The molecule has 1 rings (SSSR count). The molecule has 0 spiro atoms. The Bertz CT molecular complexity index is 217. The third kappa shape index (κ3) is 3.64. The molecule has 0 saturated carbocycles. The molecule has 1 heterocycles. The van der Waals surface area contributed by atoms with Crippen molar-refractivity contribution in [2.24, 2.45) is 17.3 Å². The van der Waals surface area contributed by atoms with Crippen molar-refractivity contribution in [1.29, 1.82) is 0 Å². The largest absolute Gasteiger partial charge is 0.300 e. The maximum atomic E-state index is 4.61. The molecule has 0 bridgehead atoms. The highest BCUT2D eigenvalue weighted by Gasteiger charge is 2.34. The van der Waals surface area contributed by atoms with Crippen LogP contribution in [0.5, 0.6) is 0 Å². The molecule has 0 aromatic rings. The minimum absolute atomic E-state index is 0.425. The fourth-order valence-electron chi connectivity index (χ4n) is 3.22. The smallest absolute Gasteiger partial charge is 0.00930 e. The first kappa shape index (κ1) is 15.4. The van der Waals surface area contributed by atoms with Gasteiger partial charge in [0.05, 0.1) is 0 Å². The van der Waals surface area contributed by atoms with Crippen LogP contribution in [-0.2, 0) is 0 Å². The third-order valence-electron chi connectivity index (χ3n) is 5.09. The fourth-order valence-corrected chi connectivity index (χ4v) is 3.77. The van der Waals surface area contributed by atoms with Gasteiger partial charge >= 0.3 is 0 Å². The van der Waals surface area contributed by atoms with Gasteiger partial charge in [0.1, 0.15) is 0 Å². The maximum Gasteiger partial charge on any atom is 0.00930 e. The molecule has 3 unspecified atom stereocenters. The van der Waals surface area contributed by atoms with Crippen molar-refractivity contribution in [3.05, 3.63) is 0 Å². The summed E-state index contributed by atoms with van der Waals surface area (Å²) in [5.41, 5.74) is 0.425. The minimum atomic E-state index is 0.425. The van der Waals surface area contributed by atoms with Crippen molar-refractivity contribution in [3.63, 3.8) is 0 Å². The van der Waals surface area contributed by atoms with E-state index in [0.29, 0.717) is 5.41 Å². The van der Waals surface area contributed by atoms with Gasteiger partial charge in [-0.2, -0.15) is 12.6 Å². The second-order valence-electron chi connectivity index (χ2n) is 6.35. The van der Waals surface area contributed by atoms with Crippen LogP contribution >= 0.6 is 12.6 Å². The van der Waals surface area contributed by atoms with Gasteiger partial charge in [-0.05, 0) is 49.2 Å². The topological polar surface area (TPSA) is 3.24 Å². The van der Waals surface area contributed by atoms with Crippen LogP contribution in [-0.4, -0.2) is 29.8 Å². The zero-order valence-corrected chi connectivity index (χ0v) is 13.3. The molecule has 0 aliphatic carbocycles. The number of piperidine rings is 1. The van der Waals surface area contributed by atoms with Gasteiger partial charge in [-0.3, -0.25) is 4.90 Å². The summed E-state index contributed by atoms with van der Waals surface area (Å²) in [6.07, 6.45) is 3.89. The molecule has 0 radical (unpaired) electrons. The summed E-state index contributed by atoms with van der Waals surface area (Å²) < 4.78 is 0. The van der Waals surface area contributed by atoms with E-state index < -0.39 is 0 Å². The van der Waals surface area contributed by atoms with Gasteiger partial charge < -0.3 is 0 Å². The zero-order chi connectivity index (χ0) is 13.1. The third-order valence-corrected chi connectivity index (χ3v) is 5.76. The van der Waals surface area contributed by atoms with E-state index in [1.54, 1.807) is 0 Å². The van der Waals surface area contributed by atoms with E-state index in [1.165, 1.54) is 32.4 Å². The van der Waals surface area contributed by atoms with Crippen molar-refractivity contribution in [1.82, 2.24) is 4.90 Å². The summed E-state index contributed by atoms with van der Waals surface area (Å²) in [4.78, 5) is 2.72. The summed E-state index contributed by atoms with van der Waals surface area (Å²) in [5.74, 6) is 2.71. The minimum Gasteiger partial charge on any atom is -0.300 e. The Morgan fingerprint density at radius 2 is 1.76 bits per heavy atom. The molecule has 17 heavy (non-hydrogen) atoms. The normalized spacial score (nSPS) is 31.8.